The number of thioether (sulfide) groups is 1. The van der Waals surface area contributed by atoms with Gasteiger partial charge in [0.25, 0.3) is 0 Å². The topological polar surface area (TPSA) is 55.6 Å². The molecular formula is C6H11N5S. The second-order valence-corrected chi connectivity index (χ2v) is 3.98. The van der Waals surface area contributed by atoms with Gasteiger partial charge in [-0.25, -0.2) is 4.68 Å². The van der Waals surface area contributed by atoms with Crippen LogP contribution in [-0.2, 0) is 7.05 Å². The third-order valence-corrected chi connectivity index (χ3v) is 3.05. The fourth-order valence-electron chi connectivity index (χ4n) is 1.18. The summed E-state index contributed by atoms with van der Waals surface area (Å²) in [6.45, 7) is 0. The Balaban J connectivity index is 1.98. The minimum atomic E-state index is 0.541. The standard InChI is InChI=1S/C6H11N5S/c1-11-6(8-9-10-11)7-5-2-3-12-4-5/h5H,2-4H2,1H3,(H,7,8,10). The maximum Gasteiger partial charge on any atom is 0.242 e. The van der Waals surface area contributed by atoms with E-state index in [1.54, 1.807) is 4.68 Å². The Bertz CT molecular complexity index is 254. The minimum absolute atomic E-state index is 0.541. The van der Waals surface area contributed by atoms with Gasteiger partial charge >= 0.3 is 0 Å². The van der Waals surface area contributed by atoms with Crippen molar-refractivity contribution < 1.29 is 0 Å². The molecule has 0 aromatic carbocycles. The second kappa shape index (κ2) is 3.30. The van der Waals surface area contributed by atoms with Crippen molar-refractivity contribution in [3.05, 3.63) is 0 Å². The summed E-state index contributed by atoms with van der Waals surface area (Å²) < 4.78 is 1.66. The first kappa shape index (κ1) is 7.85. The van der Waals surface area contributed by atoms with E-state index in [-0.39, 0.29) is 0 Å². The van der Waals surface area contributed by atoms with E-state index in [0.29, 0.717) is 6.04 Å². The molecule has 1 fully saturated rings. The number of nitrogens with zero attached hydrogens (tertiary/aromatic N) is 4. The van der Waals surface area contributed by atoms with Crippen LogP contribution in [0.5, 0.6) is 0 Å². The van der Waals surface area contributed by atoms with Crippen LogP contribution in [0.1, 0.15) is 6.42 Å². The lowest BCUT2D eigenvalue weighted by Crippen LogP contribution is -2.20. The van der Waals surface area contributed by atoms with Gasteiger partial charge in [-0.2, -0.15) is 11.8 Å². The first-order valence-electron chi connectivity index (χ1n) is 3.93. The first-order chi connectivity index (χ1) is 5.86. The van der Waals surface area contributed by atoms with Crippen LogP contribution in [0, 0.1) is 0 Å². The van der Waals surface area contributed by atoms with Gasteiger partial charge in [-0.3, -0.25) is 0 Å². The van der Waals surface area contributed by atoms with Crippen molar-refractivity contribution in [1.29, 1.82) is 0 Å². The van der Waals surface area contributed by atoms with Crippen LogP contribution in [0.4, 0.5) is 5.95 Å². The summed E-state index contributed by atoms with van der Waals surface area (Å²) in [5, 5.41) is 14.5. The molecule has 12 heavy (non-hydrogen) atoms. The molecule has 1 atom stereocenters. The van der Waals surface area contributed by atoms with E-state index in [0.717, 1.165) is 11.7 Å². The highest BCUT2D eigenvalue weighted by atomic mass is 32.2. The normalized spacial score (nSPS) is 22.9. The number of hydrogen-bond donors (Lipinski definition) is 1. The van der Waals surface area contributed by atoms with Crippen molar-refractivity contribution in [3.8, 4) is 0 Å². The summed E-state index contributed by atoms with van der Waals surface area (Å²) in [6, 6.07) is 0.541. The average Bonchev–Trinajstić information content (AvgIpc) is 2.65. The van der Waals surface area contributed by atoms with Crippen LogP contribution in [0.25, 0.3) is 0 Å². The summed E-state index contributed by atoms with van der Waals surface area (Å²) in [4.78, 5) is 0. The van der Waals surface area contributed by atoms with Gasteiger partial charge in [-0.1, -0.05) is 5.10 Å². The van der Waals surface area contributed by atoms with Crippen LogP contribution < -0.4 is 5.32 Å². The quantitative estimate of drug-likeness (QED) is 0.709. The number of aromatic nitrogens is 4. The molecule has 0 saturated carbocycles. The summed E-state index contributed by atoms with van der Waals surface area (Å²) in [5.41, 5.74) is 0. The van der Waals surface area contributed by atoms with E-state index >= 15 is 0 Å². The number of anilines is 1. The van der Waals surface area contributed by atoms with Crippen molar-refractivity contribution in [2.24, 2.45) is 7.05 Å². The van der Waals surface area contributed by atoms with E-state index in [2.05, 4.69) is 20.8 Å². The molecule has 1 aliphatic heterocycles. The monoisotopic (exact) mass is 185 g/mol. The van der Waals surface area contributed by atoms with Gasteiger partial charge in [0.1, 0.15) is 0 Å². The van der Waals surface area contributed by atoms with Crippen LogP contribution in [0.2, 0.25) is 0 Å². The highest BCUT2D eigenvalue weighted by molar-refractivity contribution is 7.99. The fraction of sp³-hybridized carbons (Fsp3) is 0.833. The summed E-state index contributed by atoms with van der Waals surface area (Å²) >= 11 is 1.97. The lowest BCUT2D eigenvalue weighted by molar-refractivity contribution is 0.702. The van der Waals surface area contributed by atoms with E-state index in [1.165, 1.54) is 12.2 Å². The Morgan fingerprint density at radius 3 is 3.17 bits per heavy atom. The van der Waals surface area contributed by atoms with Gasteiger partial charge in [0.2, 0.25) is 5.95 Å². The molecule has 1 N–H and O–H groups in total. The van der Waals surface area contributed by atoms with Gasteiger partial charge < -0.3 is 5.32 Å². The van der Waals surface area contributed by atoms with Gasteiger partial charge in [-0.15, -0.1) is 0 Å². The highest BCUT2D eigenvalue weighted by Gasteiger charge is 2.16. The molecular weight excluding hydrogens is 174 g/mol. The third kappa shape index (κ3) is 1.52. The number of nitrogens with one attached hydrogen (secondary N) is 1. The first-order valence-corrected chi connectivity index (χ1v) is 5.08. The van der Waals surface area contributed by atoms with E-state index in [1.807, 2.05) is 18.8 Å². The molecule has 0 spiro atoms. The number of hydrogen-bond acceptors (Lipinski definition) is 5. The molecule has 66 valence electrons. The number of rotatable bonds is 2. The van der Waals surface area contributed by atoms with Crippen LogP contribution in [0.15, 0.2) is 0 Å². The molecule has 1 unspecified atom stereocenters. The molecule has 1 aliphatic rings. The molecule has 0 radical (unpaired) electrons. The Labute approximate surface area is 74.9 Å². The summed E-state index contributed by atoms with van der Waals surface area (Å²) in [5.74, 6) is 3.16. The Morgan fingerprint density at radius 2 is 2.58 bits per heavy atom. The maximum absolute atomic E-state index is 3.86. The van der Waals surface area contributed by atoms with Crippen molar-refractivity contribution in [2.75, 3.05) is 16.8 Å². The lowest BCUT2D eigenvalue weighted by atomic mass is 10.3. The Kier molecular flexibility index (Phi) is 2.16. The molecule has 1 aromatic rings. The van der Waals surface area contributed by atoms with Crippen LogP contribution >= 0.6 is 11.8 Å². The smallest absolute Gasteiger partial charge is 0.242 e. The van der Waals surface area contributed by atoms with Gasteiger partial charge in [-0.05, 0) is 22.6 Å². The lowest BCUT2D eigenvalue weighted by Gasteiger charge is -2.09. The fourth-order valence-corrected chi connectivity index (χ4v) is 2.34. The van der Waals surface area contributed by atoms with E-state index < -0.39 is 0 Å². The maximum atomic E-state index is 3.86. The molecule has 0 amide bonds. The summed E-state index contributed by atoms with van der Waals surface area (Å²) in [7, 11) is 1.84. The predicted molar refractivity (Wildman–Crippen MR) is 48.2 cm³/mol. The molecule has 0 bridgehead atoms. The van der Waals surface area contributed by atoms with Gasteiger partial charge in [0.05, 0.1) is 0 Å². The van der Waals surface area contributed by atoms with Crippen molar-refractivity contribution >= 4 is 17.7 Å². The molecule has 0 aliphatic carbocycles. The molecule has 1 saturated heterocycles. The largest absolute Gasteiger partial charge is 0.349 e. The van der Waals surface area contributed by atoms with Crippen LogP contribution in [0.3, 0.4) is 0 Å². The zero-order valence-electron chi connectivity index (χ0n) is 6.90. The molecule has 2 rings (SSSR count). The van der Waals surface area contributed by atoms with E-state index in [4.69, 9.17) is 0 Å². The molecule has 5 nitrogen and oxygen atoms in total. The van der Waals surface area contributed by atoms with Crippen molar-refractivity contribution in [1.82, 2.24) is 20.2 Å². The second-order valence-electron chi connectivity index (χ2n) is 2.83. The van der Waals surface area contributed by atoms with Crippen LogP contribution in [-0.4, -0.2) is 37.8 Å². The number of aryl methyl sites for hydroxylation is 1. The van der Waals surface area contributed by atoms with Gasteiger partial charge in [0.15, 0.2) is 0 Å². The molecule has 2 heterocycles. The summed E-state index contributed by atoms with van der Waals surface area (Å²) in [6.07, 6.45) is 1.21. The molecule has 6 heteroatoms. The average molecular weight is 185 g/mol. The number of tetrazole rings is 1. The SMILES string of the molecule is Cn1nnnc1NC1CCSC1. The van der Waals surface area contributed by atoms with Gasteiger partial charge in [0, 0.05) is 18.8 Å². The zero-order chi connectivity index (χ0) is 8.39. The van der Waals surface area contributed by atoms with E-state index in [9.17, 15) is 0 Å². The molecule has 1 aromatic heterocycles. The Hall–Kier alpha value is -0.780. The predicted octanol–water partition coefficient (Wildman–Crippen LogP) is 0.127. The Morgan fingerprint density at radius 1 is 1.67 bits per heavy atom. The van der Waals surface area contributed by atoms with Crippen molar-refractivity contribution in [2.45, 2.75) is 12.5 Å². The van der Waals surface area contributed by atoms with Crippen molar-refractivity contribution in [3.63, 3.8) is 0 Å². The third-order valence-electron chi connectivity index (χ3n) is 1.88. The minimum Gasteiger partial charge on any atom is -0.349 e. The highest BCUT2D eigenvalue weighted by Crippen LogP contribution is 2.19. The zero-order valence-corrected chi connectivity index (χ0v) is 7.71.